The lowest BCUT2D eigenvalue weighted by Gasteiger charge is -2.38. The van der Waals surface area contributed by atoms with E-state index in [-0.39, 0.29) is 6.04 Å². The number of thioether (sulfide) groups is 1. The van der Waals surface area contributed by atoms with Crippen molar-refractivity contribution in [3.63, 3.8) is 0 Å². The molecular weight excluding hydrogens is 326 g/mol. The molecule has 0 aliphatic carbocycles. The van der Waals surface area contributed by atoms with Crippen LogP contribution in [0.5, 0.6) is 0 Å². The normalized spacial score (nSPS) is 22.6. The molecule has 2 atom stereocenters. The van der Waals surface area contributed by atoms with Crippen LogP contribution in [0.4, 0.5) is 0 Å². The Labute approximate surface area is 127 Å². The van der Waals surface area contributed by atoms with Crippen LogP contribution < -0.4 is 5.32 Å². The average molecular weight is 348 g/mol. The van der Waals surface area contributed by atoms with Crippen LogP contribution in [0, 0.1) is 0 Å². The summed E-state index contributed by atoms with van der Waals surface area (Å²) in [5.41, 5.74) is 1.15. The van der Waals surface area contributed by atoms with Crippen LogP contribution in [0.1, 0.15) is 25.1 Å². The second kappa shape index (κ2) is 7.06. The van der Waals surface area contributed by atoms with Gasteiger partial charge in [-0.15, -0.1) is 5.10 Å². The zero-order valence-electron chi connectivity index (χ0n) is 11.8. The Kier molecular flexibility index (Phi) is 5.68. The zero-order valence-corrected chi connectivity index (χ0v) is 14.2. The number of hydrogen-bond acceptors (Lipinski definition) is 5. The van der Waals surface area contributed by atoms with Crippen LogP contribution in [-0.2, 0) is 7.05 Å². The van der Waals surface area contributed by atoms with Gasteiger partial charge in [0, 0.05) is 31.1 Å². The third-order valence-electron chi connectivity index (χ3n) is 3.56. The summed E-state index contributed by atoms with van der Waals surface area (Å²) >= 11 is 5.57. The lowest BCUT2D eigenvalue weighted by atomic mass is 10.0. The van der Waals surface area contributed by atoms with Crippen LogP contribution >= 0.6 is 27.7 Å². The van der Waals surface area contributed by atoms with Crippen molar-refractivity contribution in [3.8, 4) is 0 Å². The van der Waals surface area contributed by atoms with Gasteiger partial charge in [0.25, 0.3) is 0 Å². The van der Waals surface area contributed by atoms with E-state index in [1.165, 1.54) is 5.75 Å². The van der Waals surface area contributed by atoms with E-state index in [0.717, 1.165) is 35.6 Å². The second-order valence-electron chi connectivity index (χ2n) is 4.94. The zero-order chi connectivity index (χ0) is 13.8. The van der Waals surface area contributed by atoms with Gasteiger partial charge in [-0.05, 0) is 35.9 Å². The molecule has 0 spiro atoms. The molecule has 108 valence electrons. The van der Waals surface area contributed by atoms with E-state index in [1.54, 1.807) is 0 Å². The molecule has 1 saturated heterocycles. The molecule has 1 aliphatic rings. The molecule has 0 radical (unpaired) electrons. The van der Waals surface area contributed by atoms with Gasteiger partial charge in [-0.2, -0.15) is 11.8 Å². The minimum Gasteiger partial charge on any atom is -0.307 e. The number of nitrogens with one attached hydrogen (secondary N) is 1. The van der Waals surface area contributed by atoms with E-state index in [4.69, 9.17) is 0 Å². The molecule has 19 heavy (non-hydrogen) atoms. The van der Waals surface area contributed by atoms with Crippen LogP contribution in [0.25, 0.3) is 0 Å². The molecular formula is C12H22BrN5S. The fourth-order valence-electron chi connectivity index (χ4n) is 2.44. The summed E-state index contributed by atoms with van der Waals surface area (Å²) < 4.78 is 2.73. The first-order valence-corrected chi connectivity index (χ1v) is 8.66. The quantitative estimate of drug-likeness (QED) is 0.877. The first-order valence-electron chi connectivity index (χ1n) is 6.71. The molecule has 0 saturated carbocycles. The molecule has 0 bridgehead atoms. The number of nitrogens with zero attached hydrogens (tertiary/aromatic N) is 4. The summed E-state index contributed by atoms with van der Waals surface area (Å²) in [6.45, 7) is 4.35. The van der Waals surface area contributed by atoms with Crippen molar-refractivity contribution in [3.05, 3.63) is 10.3 Å². The van der Waals surface area contributed by atoms with Crippen LogP contribution in [-0.4, -0.2) is 57.6 Å². The summed E-state index contributed by atoms with van der Waals surface area (Å²) in [7, 11) is 4.17. The van der Waals surface area contributed by atoms with Crippen molar-refractivity contribution >= 4 is 27.7 Å². The highest BCUT2D eigenvalue weighted by molar-refractivity contribution is 9.10. The van der Waals surface area contributed by atoms with Crippen molar-refractivity contribution in [2.45, 2.75) is 25.4 Å². The Hall–Kier alpha value is -0.110. The number of hydrogen-bond donors (Lipinski definition) is 1. The summed E-state index contributed by atoms with van der Waals surface area (Å²) in [6.07, 6.45) is 1.13. The standard InChI is InChI=1S/C12H22BrN5S/c1-4-5-14-10(9-8-19-7-6-17(9)2)11-12(13)15-16-18(11)3/h9-10,14H,4-8H2,1-3H3. The molecule has 1 aromatic heterocycles. The average Bonchev–Trinajstić information content (AvgIpc) is 2.73. The van der Waals surface area contributed by atoms with Gasteiger partial charge >= 0.3 is 0 Å². The van der Waals surface area contributed by atoms with E-state index < -0.39 is 0 Å². The van der Waals surface area contributed by atoms with E-state index in [0.29, 0.717) is 6.04 Å². The summed E-state index contributed by atoms with van der Waals surface area (Å²) in [4.78, 5) is 2.45. The van der Waals surface area contributed by atoms with E-state index >= 15 is 0 Å². The predicted molar refractivity (Wildman–Crippen MR) is 83.5 cm³/mol. The molecule has 1 N–H and O–H groups in total. The Morgan fingerprint density at radius 2 is 2.32 bits per heavy atom. The highest BCUT2D eigenvalue weighted by Crippen LogP contribution is 2.29. The Morgan fingerprint density at radius 1 is 1.53 bits per heavy atom. The summed E-state index contributed by atoms with van der Waals surface area (Å²) in [5, 5.41) is 11.9. The van der Waals surface area contributed by atoms with Gasteiger partial charge in [-0.25, -0.2) is 4.68 Å². The molecule has 5 nitrogen and oxygen atoms in total. The van der Waals surface area contributed by atoms with Gasteiger partial charge in [-0.1, -0.05) is 12.1 Å². The molecule has 1 aromatic rings. The summed E-state index contributed by atoms with van der Waals surface area (Å²) in [6, 6.07) is 0.755. The van der Waals surface area contributed by atoms with Gasteiger partial charge < -0.3 is 5.32 Å². The first kappa shape index (κ1) is 15.3. The van der Waals surface area contributed by atoms with Crippen molar-refractivity contribution in [1.82, 2.24) is 25.2 Å². The molecule has 1 fully saturated rings. The van der Waals surface area contributed by atoms with Crippen LogP contribution in [0.3, 0.4) is 0 Å². The van der Waals surface area contributed by atoms with E-state index in [2.05, 4.69) is 50.4 Å². The molecule has 7 heteroatoms. The van der Waals surface area contributed by atoms with Crippen molar-refractivity contribution in [2.75, 3.05) is 31.6 Å². The van der Waals surface area contributed by atoms with Gasteiger partial charge in [0.2, 0.25) is 0 Å². The second-order valence-corrected chi connectivity index (χ2v) is 6.84. The van der Waals surface area contributed by atoms with Gasteiger partial charge in [0.05, 0.1) is 11.7 Å². The largest absolute Gasteiger partial charge is 0.307 e. The lowest BCUT2D eigenvalue weighted by Crippen LogP contribution is -2.48. The monoisotopic (exact) mass is 347 g/mol. The number of rotatable bonds is 5. The van der Waals surface area contributed by atoms with Gasteiger partial charge in [0.1, 0.15) is 0 Å². The maximum Gasteiger partial charge on any atom is 0.153 e. The van der Waals surface area contributed by atoms with E-state index in [9.17, 15) is 0 Å². The maximum atomic E-state index is 4.13. The Morgan fingerprint density at radius 3 is 2.89 bits per heavy atom. The molecule has 2 rings (SSSR count). The molecule has 0 aromatic carbocycles. The van der Waals surface area contributed by atoms with Crippen molar-refractivity contribution in [1.29, 1.82) is 0 Å². The van der Waals surface area contributed by atoms with Crippen molar-refractivity contribution < 1.29 is 0 Å². The lowest BCUT2D eigenvalue weighted by molar-refractivity contribution is 0.210. The topological polar surface area (TPSA) is 46.0 Å². The minimum absolute atomic E-state index is 0.270. The van der Waals surface area contributed by atoms with Crippen molar-refractivity contribution in [2.24, 2.45) is 7.05 Å². The Balaban J connectivity index is 2.24. The number of halogens is 1. The number of aryl methyl sites for hydroxylation is 1. The molecule has 0 amide bonds. The smallest absolute Gasteiger partial charge is 0.153 e. The fourth-order valence-corrected chi connectivity index (χ4v) is 4.29. The highest BCUT2D eigenvalue weighted by Gasteiger charge is 2.32. The maximum absolute atomic E-state index is 4.13. The van der Waals surface area contributed by atoms with Gasteiger partial charge in [-0.3, -0.25) is 4.90 Å². The predicted octanol–water partition coefficient (Wildman–Crippen LogP) is 1.67. The minimum atomic E-state index is 0.270. The fraction of sp³-hybridized carbons (Fsp3) is 0.833. The first-order chi connectivity index (χ1) is 9.15. The van der Waals surface area contributed by atoms with Crippen LogP contribution in [0.15, 0.2) is 4.60 Å². The highest BCUT2D eigenvalue weighted by atomic mass is 79.9. The van der Waals surface area contributed by atoms with Gasteiger partial charge in [0.15, 0.2) is 4.60 Å². The molecule has 2 heterocycles. The van der Waals surface area contributed by atoms with E-state index in [1.807, 2.05) is 23.5 Å². The molecule has 1 aliphatic heterocycles. The number of aromatic nitrogens is 3. The number of likely N-dealkylation sites (N-methyl/N-ethyl adjacent to an activating group) is 1. The SMILES string of the molecule is CCCNC(c1c(Br)nnn1C)C1CSCCN1C. The summed E-state index contributed by atoms with van der Waals surface area (Å²) in [5.74, 6) is 2.37. The van der Waals surface area contributed by atoms with Crippen LogP contribution in [0.2, 0.25) is 0 Å². The Bertz CT molecular complexity index is 391. The molecule has 2 unspecified atom stereocenters. The third-order valence-corrected chi connectivity index (χ3v) is 5.18. The third kappa shape index (κ3) is 3.51.